The molecule has 4 nitrogen and oxygen atoms in total. The van der Waals surface area contributed by atoms with E-state index >= 15 is 0 Å². The average molecular weight is 219 g/mol. The van der Waals surface area contributed by atoms with Gasteiger partial charge in [-0.1, -0.05) is 6.92 Å². The lowest BCUT2D eigenvalue weighted by atomic mass is 10.1. The summed E-state index contributed by atoms with van der Waals surface area (Å²) in [5, 5.41) is 0. The lowest BCUT2D eigenvalue weighted by Crippen LogP contribution is -2.32. The van der Waals surface area contributed by atoms with E-state index in [1.165, 1.54) is 0 Å². The predicted molar refractivity (Wildman–Crippen MR) is 62.0 cm³/mol. The third-order valence-corrected chi connectivity index (χ3v) is 3.08. The Morgan fingerprint density at radius 1 is 1.50 bits per heavy atom. The minimum absolute atomic E-state index is 0.0380. The van der Waals surface area contributed by atoms with Crippen molar-refractivity contribution in [2.24, 2.45) is 11.7 Å². The topological polar surface area (TPSA) is 59.2 Å². The van der Waals surface area contributed by atoms with Gasteiger partial charge in [-0.2, -0.15) is 0 Å². The Morgan fingerprint density at radius 2 is 2.25 bits per heavy atom. The smallest absolute Gasteiger partial charge is 0.255 e. The monoisotopic (exact) mass is 219 g/mol. The Bertz CT molecular complexity index is 395. The first-order valence-corrected chi connectivity index (χ1v) is 5.54. The Morgan fingerprint density at radius 3 is 2.81 bits per heavy atom. The molecule has 2 unspecified atom stereocenters. The maximum atomic E-state index is 12.1. The molecule has 4 heteroatoms. The van der Waals surface area contributed by atoms with E-state index in [1.54, 1.807) is 12.4 Å². The number of aryl methyl sites for hydroxylation is 1. The number of likely N-dealkylation sites (tertiary alicyclic amines) is 1. The van der Waals surface area contributed by atoms with Gasteiger partial charge >= 0.3 is 0 Å². The highest BCUT2D eigenvalue weighted by Gasteiger charge is 2.30. The maximum absolute atomic E-state index is 12.1. The minimum Gasteiger partial charge on any atom is -0.337 e. The Balaban J connectivity index is 2.14. The summed E-state index contributed by atoms with van der Waals surface area (Å²) in [6.45, 7) is 5.40. The summed E-state index contributed by atoms with van der Waals surface area (Å²) in [6, 6.07) is 1.96. The molecule has 2 rings (SSSR count). The van der Waals surface area contributed by atoms with E-state index in [2.05, 4.69) is 11.9 Å². The molecular formula is C12H17N3O. The van der Waals surface area contributed by atoms with Crippen LogP contribution in [0.1, 0.15) is 22.8 Å². The molecule has 1 aliphatic rings. The van der Waals surface area contributed by atoms with Crippen LogP contribution in [0.15, 0.2) is 18.5 Å². The summed E-state index contributed by atoms with van der Waals surface area (Å²) >= 11 is 0. The molecule has 1 fully saturated rings. The number of amides is 1. The van der Waals surface area contributed by atoms with Crippen molar-refractivity contribution in [1.82, 2.24) is 9.88 Å². The summed E-state index contributed by atoms with van der Waals surface area (Å²) in [5.41, 5.74) is 7.56. The van der Waals surface area contributed by atoms with E-state index in [1.807, 2.05) is 17.9 Å². The SMILES string of the molecule is Cc1cncc(C(=O)N2CC(C)C(N)C2)c1. The van der Waals surface area contributed by atoms with Gasteiger partial charge in [0.25, 0.3) is 5.91 Å². The van der Waals surface area contributed by atoms with Crippen LogP contribution in [0.5, 0.6) is 0 Å². The first kappa shape index (κ1) is 11.1. The van der Waals surface area contributed by atoms with E-state index in [0.717, 1.165) is 12.1 Å². The molecule has 0 radical (unpaired) electrons. The molecule has 0 aromatic carbocycles. The van der Waals surface area contributed by atoms with Gasteiger partial charge in [-0.15, -0.1) is 0 Å². The van der Waals surface area contributed by atoms with E-state index in [-0.39, 0.29) is 11.9 Å². The van der Waals surface area contributed by atoms with Gasteiger partial charge in [-0.05, 0) is 24.5 Å². The molecule has 1 saturated heterocycles. The molecule has 2 atom stereocenters. The summed E-state index contributed by atoms with van der Waals surface area (Å²) in [5.74, 6) is 0.415. The van der Waals surface area contributed by atoms with Crippen LogP contribution in [-0.2, 0) is 0 Å². The standard InChI is InChI=1S/C12H17N3O/c1-8-3-10(5-14-4-8)12(16)15-6-9(2)11(13)7-15/h3-5,9,11H,6-7,13H2,1-2H3. The van der Waals surface area contributed by atoms with Crippen molar-refractivity contribution < 1.29 is 4.79 Å². The Kier molecular flexibility index (Phi) is 2.92. The van der Waals surface area contributed by atoms with Crippen molar-refractivity contribution in [3.63, 3.8) is 0 Å². The number of pyridine rings is 1. The van der Waals surface area contributed by atoms with Crippen LogP contribution >= 0.6 is 0 Å². The number of nitrogens with zero attached hydrogens (tertiary/aromatic N) is 2. The fraction of sp³-hybridized carbons (Fsp3) is 0.500. The minimum atomic E-state index is 0.0380. The zero-order valence-corrected chi connectivity index (χ0v) is 9.68. The van der Waals surface area contributed by atoms with Gasteiger partial charge in [0.15, 0.2) is 0 Å². The van der Waals surface area contributed by atoms with Crippen LogP contribution < -0.4 is 5.73 Å². The van der Waals surface area contributed by atoms with Crippen molar-refractivity contribution in [2.75, 3.05) is 13.1 Å². The normalized spacial score (nSPS) is 24.8. The molecule has 2 heterocycles. The molecule has 2 N–H and O–H groups in total. The lowest BCUT2D eigenvalue weighted by molar-refractivity contribution is 0.0786. The molecule has 1 aliphatic heterocycles. The van der Waals surface area contributed by atoms with Crippen molar-refractivity contribution in [3.05, 3.63) is 29.6 Å². The number of carbonyl (C=O) groups is 1. The summed E-state index contributed by atoms with van der Waals surface area (Å²) in [6.07, 6.45) is 3.36. The number of hydrogen-bond donors (Lipinski definition) is 1. The zero-order chi connectivity index (χ0) is 11.7. The molecule has 1 aromatic heterocycles. The number of rotatable bonds is 1. The van der Waals surface area contributed by atoms with Gasteiger partial charge < -0.3 is 10.6 Å². The van der Waals surface area contributed by atoms with Crippen LogP contribution in [0.2, 0.25) is 0 Å². The second-order valence-electron chi connectivity index (χ2n) is 4.60. The third kappa shape index (κ3) is 2.07. The molecule has 0 spiro atoms. The van der Waals surface area contributed by atoms with E-state index in [4.69, 9.17) is 5.73 Å². The highest BCUT2D eigenvalue weighted by atomic mass is 16.2. The van der Waals surface area contributed by atoms with Gasteiger partial charge in [-0.25, -0.2) is 0 Å². The van der Waals surface area contributed by atoms with E-state index in [9.17, 15) is 4.79 Å². The van der Waals surface area contributed by atoms with Crippen molar-refractivity contribution in [2.45, 2.75) is 19.9 Å². The maximum Gasteiger partial charge on any atom is 0.255 e. The van der Waals surface area contributed by atoms with Crippen LogP contribution in [0, 0.1) is 12.8 Å². The average Bonchev–Trinajstić information content (AvgIpc) is 2.58. The fourth-order valence-electron chi connectivity index (χ4n) is 2.01. The Hall–Kier alpha value is -1.42. The van der Waals surface area contributed by atoms with Crippen molar-refractivity contribution in [3.8, 4) is 0 Å². The van der Waals surface area contributed by atoms with E-state index in [0.29, 0.717) is 18.0 Å². The summed E-state index contributed by atoms with van der Waals surface area (Å²) in [4.78, 5) is 18.0. The molecule has 1 aromatic rings. The molecule has 0 saturated carbocycles. The quantitative estimate of drug-likeness (QED) is 0.760. The number of aromatic nitrogens is 1. The molecule has 86 valence electrons. The number of carbonyl (C=O) groups excluding carboxylic acids is 1. The number of hydrogen-bond acceptors (Lipinski definition) is 3. The van der Waals surface area contributed by atoms with E-state index < -0.39 is 0 Å². The Labute approximate surface area is 95.5 Å². The fourth-order valence-corrected chi connectivity index (χ4v) is 2.01. The lowest BCUT2D eigenvalue weighted by Gasteiger charge is -2.15. The van der Waals surface area contributed by atoms with Gasteiger partial charge in [-0.3, -0.25) is 9.78 Å². The van der Waals surface area contributed by atoms with Crippen LogP contribution in [0.25, 0.3) is 0 Å². The highest BCUT2D eigenvalue weighted by molar-refractivity contribution is 5.94. The van der Waals surface area contributed by atoms with Crippen molar-refractivity contribution >= 4 is 5.91 Å². The first-order valence-electron chi connectivity index (χ1n) is 5.54. The largest absolute Gasteiger partial charge is 0.337 e. The molecule has 0 bridgehead atoms. The molecule has 16 heavy (non-hydrogen) atoms. The number of nitrogens with two attached hydrogens (primary N) is 1. The summed E-state index contributed by atoms with van der Waals surface area (Å²) < 4.78 is 0. The van der Waals surface area contributed by atoms with Gasteiger partial charge in [0.2, 0.25) is 0 Å². The van der Waals surface area contributed by atoms with Gasteiger partial charge in [0, 0.05) is 31.5 Å². The third-order valence-electron chi connectivity index (χ3n) is 3.08. The highest BCUT2D eigenvalue weighted by Crippen LogP contribution is 2.17. The molecular weight excluding hydrogens is 202 g/mol. The van der Waals surface area contributed by atoms with Gasteiger partial charge in [0.1, 0.15) is 0 Å². The van der Waals surface area contributed by atoms with Crippen LogP contribution in [-0.4, -0.2) is 34.9 Å². The van der Waals surface area contributed by atoms with Crippen LogP contribution in [0.4, 0.5) is 0 Å². The predicted octanol–water partition coefficient (Wildman–Crippen LogP) is 0.809. The van der Waals surface area contributed by atoms with Crippen molar-refractivity contribution in [1.29, 1.82) is 0 Å². The van der Waals surface area contributed by atoms with Crippen LogP contribution in [0.3, 0.4) is 0 Å². The molecule has 1 amide bonds. The first-order chi connectivity index (χ1) is 7.58. The zero-order valence-electron chi connectivity index (χ0n) is 9.68. The molecule has 0 aliphatic carbocycles. The van der Waals surface area contributed by atoms with Gasteiger partial charge in [0.05, 0.1) is 5.56 Å². The second kappa shape index (κ2) is 4.22. The summed E-state index contributed by atoms with van der Waals surface area (Å²) in [7, 11) is 0. The second-order valence-corrected chi connectivity index (χ2v) is 4.60.